The Morgan fingerprint density at radius 1 is 0.933 bits per heavy atom. The summed E-state index contributed by atoms with van der Waals surface area (Å²) in [6.45, 7) is 0.102. The quantitative estimate of drug-likeness (QED) is 0.612. The summed E-state index contributed by atoms with van der Waals surface area (Å²) < 4.78 is 5.69. The fourth-order valence-corrected chi connectivity index (χ4v) is 3.97. The molecule has 0 heterocycles. The Bertz CT molecular complexity index is 951. The number of amides is 1. The average Bonchev–Trinajstić information content (AvgIpc) is 2.93. The van der Waals surface area contributed by atoms with Crippen molar-refractivity contribution in [2.24, 2.45) is 5.92 Å². The highest BCUT2D eigenvalue weighted by Crippen LogP contribution is 2.31. The van der Waals surface area contributed by atoms with Gasteiger partial charge in [-0.2, -0.15) is 0 Å². The third-order valence-electron chi connectivity index (χ3n) is 5.60. The molecule has 5 nitrogen and oxygen atoms in total. The Balaban J connectivity index is 1.52. The number of phenols is 1. The van der Waals surface area contributed by atoms with E-state index in [9.17, 15) is 15.0 Å². The molecule has 0 bridgehead atoms. The number of nitrogens with zero attached hydrogens (tertiary/aromatic N) is 1. The number of anilines is 2. The van der Waals surface area contributed by atoms with Gasteiger partial charge in [-0.25, -0.2) is 9.69 Å². The summed E-state index contributed by atoms with van der Waals surface area (Å²) in [5.74, 6) is 0.0297. The SMILES string of the molecule is O=C(OCC1Cc2cccc(O)c2CCC1O)N(c1ccccc1)c1ccccc1. The molecule has 30 heavy (non-hydrogen) atoms. The Kier molecular flexibility index (Phi) is 6.00. The molecule has 154 valence electrons. The summed E-state index contributed by atoms with van der Waals surface area (Å²) >= 11 is 0. The number of carbonyl (C=O) groups is 1. The Morgan fingerprint density at radius 2 is 1.57 bits per heavy atom. The summed E-state index contributed by atoms with van der Waals surface area (Å²) in [7, 11) is 0. The van der Waals surface area contributed by atoms with Gasteiger partial charge in [-0.05, 0) is 60.7 Å². The Hall–Kier alpha value is -3.31. The number of ether oxygens (including phenoxy) is 1. The number of carbonyl (C=O) groups excluding carboxylic acids is 1. The van der Waals surface area contributed by atoms with Crippen molar-refractivity contribution < 1.29 is 19.7 Å². The van der Waals surface area contributed by atoms with E-state index in [0.29, 0.717) is 30.6 Å². The van der Waals surface area contributed by atoms with Crippen molar-refractivity contribution in [3.05, 3.63) is 90.0 Å². The average molecular weight is 403 g/mol. The lowest BCUT2D eigenvalue weighted by molar-refractivity contribution is 0.0537. The van der Waals surface area contributed by atoms with Crippen LogP contribution in [0.25, 0.3) is 0 Å². The van der Waals surface area contributed by atoms with Crippen LogP contribution in [0.4, 0.5) is 16.2 Å². The molecule has 4 rings (SSSR count). The number of para-hydroxylation sites is 2. The van der Waals surface area contributed by atoms with Gasteiger partial charge in [0.1, 0.15) is 5.75 Å². The summed E-state index contributed by atoms with van der Waals surface area (Å²) in [5, 5.41) is 20.7. The van der Waals surface area contributed by atoms with E-state index in [2.05, 4.69) is 0 Å². The second-order valence-electron chi connectivity index (χ2n) is 7.57. The van der Waals surface area contributed by atoms with Gasteiger partial charge in [-0.3, -0.25) is 0 Å². The van der Waals surface area contributed by atoms with E-state index in [4.69, 9.17) is 4.74 Å². The minimum atomic E-state index is -0.605. The first-order valence-electron chi connectivity index (χ1n) is 10.2. The molecule has 0 radical (unpaired) electrons. The second kappa shape index (κ2) is 9.01. The molecule has 2 unspecified atom stereocenters. The molecule has 3 aromatic rings. The molecule has 1 aliphatic carbocycles. The van der Waals surface area contributed by atoms with Crippen molar-refractivity contribution in [3.8, 4) is 5.75 Å². The molecule has 0 fully saturated rings. The highest BCUT2D eigenvalue weighted by Gasteiger charge is 2.28. The maximum atomic E-state index is 13.1. The summed E-state index contributed by atoms with van der Waals surface area (Å²) in [6.07, 6.45) is 0.586. The van der Waals surface area contributed by atoms with Crippen LogP contribution in [0.1, 0.15) is 17.5 Å². The van der Waals surface area contributed by atoms with E-state index in [1.165, 1.54) is 4.90 Å². The maximum absolute atomic E-state index is 13.1. The van der Waals surface area contributed by atoms with Gasteiger partial charge in [0.2, 0.25) is 0 Å². The number of fused-ring (bicyclic) bond motifs is 1. The Morgan fingerprint density at radius 3 is 2.20 bits per heavy atom. The zero-order valence-electron chi connectivity index (χ0n) is 16.6. The van der Waals surface area contributed by atoms with E-state index < -0.39 is 12.2 Å². The topological polar surface area (TPSA) is 70.0 Å². The van der Waals surface area contributed by atoms with Crippen molar-refractivity contribution in [2.75, 3.05) is 11.5 Å². The highest BCUT2D eigenvalue weighted by atomic mass is 16.6. The van der Waals surface area contributed by atoms with Crippen molar-refractivity contribution in [1.82, 2.24) is 0 Å². The number of hydrogen-bond donors (Lipinski definition) is 2. The largest absolute Gasteiger partial charge is 0.508 e. The van der Waals surface area contributed by atoms with Crippen LogP contribution >= 0.6 is 0 Å². The van der Waals surface area contributed by atoms with Gasteiger partial charge in [-0.1, -0.05) is 48.5 Å². The standard InChI is InChI=1S/C25H25NO4/c27-23-15-14-22-18(8-7-13-24(22)28)16-19(23)17-30-25(29)26(20-9-3-1-4-10-20)21-11-5-2-6-12-21/h1-13,19,23,27-28H,14-17H2. The van der Waals surface area contributed by atoms with Crippen molar-refractivity contribution in [3.63, 3.8) is 0 Å². The zero-order valence-corrected chi connectivity index (χ0v) is 16.6. The minimum absolute atomic E-state index is 0.102. The number of benzene rings is 3. The van der Waals surface area contributed by atoms with Gasteiger partial charge in [-0.15, -0.1) is 0 Å². The molecular formula is C25H25NO4. The minimum Gasteiger partial charge on any atom is -0.508 e. The fraction of sp³-hybridized carbons (Fsp3) is 0.240. The van der Waals surface area contributed by atoms with E-state index in [0.717, 1.165) is 11.1 Å². The first-order chi connectivity index (χ1) is 14.6. The van der Waals surface area contributed by atoms with Gasteiger partial charge in [0.25, 0.3) is 0 Å². The number of aromatic hydroxyl groups is 1. The van der Waals surface area contributed by atoms with Crippen LogP contribution in [0.5, 0.6) is 5.75 Å². The van der Waals surface area contributed by atoms with Crippen LogP contribution in [0, 0.1) is 5.92 Å². The first kappa shape index (κ1) is 20.0. The van der Waals surface area contributed by atoms with Crippen LogP contribution in [0.15, 0.2) is 78.9 Å². The lowest BCUT2D eigenvalue weighted by atomic mass is 9.95. The molecule has 5 heteroatoms. The van der Waals surface area contributed by atoms with Crippen LogP contribution in [0.2, 0.25) is 0 Å². The van der Waals surface area contributed by atoms with Gasteiger partial charge in [0.15, 0.2) is 0 Å². The highest BCUT2D eigenvalue weighted by molar-refractivity contribution is 5.95. The molecule has 0 aromatic heterocycles. The van der Waals surface area contributed by atoms with Crippen molar-refractivity contribution >= 4 is 17.5 Å². The molecule has 2 N–H and O–H groups in total. The third kappa shape index (κ3) is 4.31. The van der Waals surface area contributed by atoms with Crippen molar-refractivity contribution in [1.29, 1.82) is 0 Å². The fourth-order valence-electron chi connectivity index (χ4n) is 3.97. The lowest BCUT2D eigenvalue weighted by Gasteiger charge is -2.25. The van der Waals surface area contributed by atoms with Crippen molar-refractivity contribution in [2.45, 2.75) is 25.4 Å². The first-order valence-corrected chi connectivity index (χ1v) is 10.2. The van der Waals surface area contributed by atoms with Gasteiger partial charge >= 0.3 is 6.09 Å². The number of hydrogen-bond acceptors (Lipinski definition) is 4. The predicted molar refractivity (Wildman–Crippen MR) is 116 cm³/mol. The third-order valence-corrected chi connectivity index (χ3v) is 5.60. The van der Waals surface area contributed by atoms with Gasteiger partial charge in [0.05, 0.1) is 24.1 Å². The normalized spacial score (nSPS) is 18.2. The van der Waals surface area contributed by atoms with Crippen LogP contribution in [-0.4, -0.2) is 29.0 Å². The van der Waals surface area contributed by atoms with E-state index in [-0.39, 0.29) is 18.3 Å². The Labute approximate surface area is 176 Å². The number of aliphatic hydroxyl groups is 1. The van der Waals surface area contributed by atoms with Gasteiger partial charge in [0, 0.05) is 5.92 Å². The molecule has 0 saturated carbocycles. The lowest BCUT2D eigenvalue weighted by Crippen LogP contribution is -2.32. The van der Waals surface area contributed by atoms with E-state index in [1.54, 1.807) is 6.07 Å². The number of rotatable bonds is 4. The molecule has 1 aliphatic rings. The molecule has 3 aromatic carbocycles. The number of phenolic OH excluding ortho intramolecular Hbond substituents is 1. The molecule has 2 atom stereocenters. The van der Waals surface area contributed by atoms with Gasteiger partial charge < -0.3 is 14.9 Å². The summed E-state index contributed by atoms with van der Waals surface area (Å²) in [4.78, 5) is 14.6. The van der Waals surface area contributed by atoms with E-state index >= 15 is 0 Å². The molecule has 0 spiro atoms. The van der Waals surface area contributed by atoms with E-state index in [1.807, 2.05) is 72.8 Å². The zero-order chi connectivity index (χ0) is 20.9. The van der Waals surface area contributed by atoms with Crippen LogP contribution in [-0.2, 0) is 17.6 Å². The van der Waals surface area contributed by atoms with Crippen LogP contribution in [0.3, 0.4) is 0 Å². The molecule has 1 amide bonds. The number of aliphatic hydroxyl groups excluding tert-OH is 1. The van der Waals surface area contributed by atoms with Crippen LogP contribution < -0.4 is 4.90 Å². The maximum Gasteiger partial charge on any atom is 0.418 e. The summed E-state index contributed by atoms with van der Waals surface area (Å²) in [6, 6.07) is 24.1. The molecular weight excluding hydrogens is 378 g/mol. The molecule has 0 saturated heterocycles. The summed E-state index contributed by atoms with van der Waals surface area (Å²) in [5.41, 5.74) is 3.30. The predicted octanol–water partition coefficient (Wildman–Crippen LogP) is 4.83. The monoisotopic (exact) mass is 403 g/mol. The molecule has 0 aliphatic heterocycles. The smallest absolute Gasteiger partial charge is 0.418 e. The second-order valence-corrected chi connectivity index (χ2v) is 7.57.